The number of nitrogen functional groups attached to an aromatic ring is 2. The Morgan fingerprint density at radius 2 is 2.06 bits per heavy atom. The minimum Gasteiger partial charge on any atom is -0.397 e. The number of benzene rings is 1. The Kier molecular flexibility index (Phi) is 3.56. The zero-order valence-corrected chi connectivity index (χ0v) is 12.0. The number of rotatable bonds is 1. The van der Waals surface area contributed by atoms with Crippen molar-refractivity contribution in [1.82, 2.24) is 0 Å². The van der Waals surface area contributed by atoms with E-state index < -0.39 is 5.82 Å². The summed E-state index contributed by atoms with van der Waals surface area (Å²) in [6.07, 6.45) is 0. The summed E-state index contributed by atoms with van der Waals surface area (Å²) in [6.45, 7) is 5.77. The number of hydrogen-bond donors (Lipinski definition) is 2. The van der Waals surface area contributed by atoms with Crippen LogP contribution in [0.5, 0.6) is 0 Å². The topological polar surface area (TPSA) is 55.3 Å². The van der Waals surface area contributed by atoms with Crippen molar-refractivity contribution in [2.24, 2.45) is 0 Å². The first-order chi connectivity index (χ1) is 8.32. The van der Waals surface area contributed by atoms with E-state index in [-0.39, 0.29) is 15.5 Å². The van der Waals surface area contributed by atoms with Crippen LogP contribution in [0.15, 0.2) is 6.07 Å². The Balaban J connectivity index is 2.42. The molecule has 1 aliphatic heterocycles. The van der Waals surface area contributed by atoms with E-state index in [9.17, 15) is 4.39 Å². The number of nitrogens with zero attached hydrogens (tertiary/aromatic N) is 1. The second kappa shape index (κ2) is 4.70. The Bertz CT molecular complexity index is 479. The van der Waals surface area contributed by atoms with Gasteiger partial charge in [-0.05, 0) is 19.9 Å². The predicted molar refractivity (Wildman–Crippen MR) is 79.0 cm³/mol. The van der Waals surface area contributed by atoms with Crippen LogP contribution >= 0.6 is 23.4 Å². The average Bonchev–Trinajstić information content (AvgIpc) is 2.25. The minimum atomic E-state index is -0.517. The molecule has 1 aromatic rings. The van der Waals surface area contributed by atoms with E-state index in [1.54, 1.807) is 0 Å². The second-order valence-corrected chi connectivity index (χ2v) is 7.24. The molecule has 2 rings (SSSR count). The van der Waals surface area contributed by atoms with Gasteiger partial charge in [0.1, 0.15) is 5.02 Å². The van der Waals surface area contributed by atoms with Crippen LogP contribution in [-0.4, -0.2) is 23.6 Å². The number of anilines is 3. The van der Waals surface area contributed by atoms with Crippen LogP contribution in [0, 0.1) is 5.82 Å². The van der Waals surface area contributed by atoms with Gasteiger partial charge in [-0.1, -0.05) is 11.6 Å². The molecule has 1 saturated heterocycles. The molecule has 0 unspecified atom stereocenters. The van der Waals surface area contributed by atoms with Crippen molar-refractivity contribution >= 4 is 40.4 Å². The summed E-state index contributed by atoms with van der Waals surface area (Å²) in [5.41, 5.74) is 12.4. The molecule has 6 heteroatoms. The maximum Gasteiger partial charge on any atom is 0.169 e. The SMILES string of the molecule is CC1(C)CN(c2c(N)cc(N)c(Cl)c2F)CCS1. The fourth-order valence-corrected chi connectivity index (χ4v) is 3.44. The summed E-state index contributed by atoms with van der Waals surface area (Å²) in [4.78, 5) is 1.95. The molecule has 18 heavy (non-hydrogen) atoms. The Morgan fingerprint density at radius 1 is 1.39 bits per heavy atom. The highest BCUT2D eigenvalue weighted by molar-refractivity contribution is 8.00. The first kappa shape index (κ1) is 13.6. The lowest BCUT2D eigenvalue weighted by Crippen LogP contribution is -2.43. The van der Waals surface area contributed by atoms with Gasteiger partial charge in [-0.25, -0.2) is 4.39 Å². The third-order valence-corrected chi connectivity index (χ3v) is 4.66. The zero-order valence-electron chi connectivity index (χ0n) is 10.5. The fourth-order valence-electron chi connectivity index (χ4n) is 2.19. The Morgan fingerprint density at radius 3 is 2.67 bits per heavy atom. The summed E-state index contributed by atoms with van der Waals surface area (Å²) in [5.74, 6) is 0.422. The van der Waals surface area contributed by atoms with Crippen molar-refractivity contribution in [3.8, 4) is 0 Å². The molecule has 4 N–H and O–H groups in total. The van der Waals surface area contributed by atoms with Crippen molar-refractivity contribution in [1.29, 1.82) is 0 Å². The lowest BCUT2D eigenvalue weighted by atomic mass is 10.1. The molecular formula is C12H17ClFN3S. The van der Waals surface area contributed by atoms with Gasteiger partial charge in [0, 0.05) is 23.6 Å². The zero-order chi connectivity index (χ0) is 13.5. The van der Waals surface area contributed by atoms with Crippen LogP contribution in [0.25, 0.3) is 0 Å². The molecule has 0 aromatic heterocycles. The molecule has 0 radical (unpaired) electrons. The maximum atomic E-state index is 14.2. The van der Waals surface area contributed by atoms with Gasteiger partial charge in [0.05, 0.1) is 17.1 Å². The molecular weight excluding hydrogens is 273 g/mol. The standard InChI is InChI=1S/C12H17ClFN3S/c1-12(2)6-17(3-4-18-12)11-8(16)5-7(15)9(13)10(11)14/h5H,3-4,6,15-16H2,1-2H3. The smallest absolute Gasteiger partial charge is 0.169 e. The Labute approximate surface area is 116 Å². The molecule has 0 spiro atoms. The largest absolute Gasteiger partial charge is 0.397 e. The average molecular weight is 290 g/mol. The van der Waals surface area contributed by atoms with E-state index in [4.69, 9.17) is 23.1 Å². The number of thioether (sulfide) groups is 1. The normalized spacial score (nSPS) is 19.0. The highest BCUT2D eigenvalue weighted by Gasteiger charge is 2.30. The molecule has 0 atom stereocenters. The van der Waals surface area contributed by atoms with Crippen LogP contribution in [0.4, 0.5) is 21.5 Å². The van der Waals surface area contributed by atoms with Gasteiger partial charge in [0.15, 0.2) is 5.82 Å². The van der Waals surface area contributed by atoms with Crippen molar-refractivity contribution in [3.05, 3.63) is 16.9 Å². The summed E-state index contributed by atoms with van der Waals surface area (Å²) in [5, 5.41) is -0.0461. The monoisotopic (exact) mass is 289 g/mol. The van der Waals surface area contributed by atoms with Gasteiger partial charge in [-0.15, -0.1) is 0 Å². The molecule has 100 valence electrons. The molecule has 0 amide bonds. The van der Waals surface area contributed by atoms with Gasteiger partial charge in [0.25, 0.3) is 0 Å². The highest BCUT2D eigenvalue weighted by Crippen LogP contribution is 2.39. The van der Waals surface area contributed by atoms with E-state index >= 15 is 0 Å². The molecule has 1 aliphatic rings. The predicted octanol–water partition coefficient (Wildman–Crippen LogP) is 2.98. The fraction of sp³-hybridized carbons (Fsp3) is 0.500. The van der Waals surface area contributed by atoms with Crippen molar-refractivity contribution < 1.29 is 4.39 Å². The third-order valence-electron chi connectivity index (χ3n) is 2.98. The van der Waals surface area contributed by atoms with Crippen LogP contribution < -0.4 is 16.4 Å². The summed E-state index contributed by atoms with van der Waals surface area (Å²) >= 11 is 7.73. The van der Waals surface area contributed by atoms with E-state index in [0.717, 1.165) is 18.8 Å². The van der Waals surface area contributed by atoms with Gasteiger partial charge in [0.2, 0.25) is 0 Å². The molecule has 1 fully saturated rings. The second-order valence-electron chi connectivity index (χ2n) is 5.06. The maximum absolute atomic E-state index is 14.2. The van der Waals surface area contributed by atoms with Gasteiger partial charge in [-0.3, -0.25) is 0 Å². The number of hydrogen-bond acceptors (Lipinski definition) is 4. The van der Waals surface area contributed by atoms with Crippen LogP contribution in [0.3, 0.4) is 0 Å². The van der Waals surface area contributed by atoms with Crippen molar-refractivity contribution in [2.75, 3.05) is 35.2 Å². The first-order valence-electron chi connectivity index (χ1n) is 5.74. The van der Waals surface area contributed by atoms with E-state index in [1.165, 1.54) is 6.07 Å². The van der Waals surface area contributed by atoms with E-state index in [0.29, 0.717) is 11.4 Å². The van der Waals surface area contributed by atoms with Crippen LogP contribution in [-0.2, 0) is 0 Å². The lowest BCUT2D eigenvalue weighted by molar-refractivity contribution is 0.599. The highest BCUT2D eigenvalue weighted by atomic mass is 35.5. The molecule has 1 heterocycles. The quantitative estimate of drug-likeness (QED) is 0.781. The molecule has 1 aromatic carbocycles. The van der Waals surface area contributed by atoms with Crippen LogP contribution in [0.2, 0.25) is 5.02 Å². The number of nitrogens with two attached hydrogens (primary N) is 2. The first-order valence-corrected chi connectivity index (χ1v) is 7.10. The Hall–Kier alpha value is -0.810. The van der Waals surface area contributed by atoms with Gasteiger partial charge < -0.3 is 16.4 Å². The third kappa shape index (κ3) is 2.47. The summed E-state index contributed by atoms with van der Waals surface area (Å²) in [6, 6.07) is 1.52. The van der Waals surface area contributed by atoms with E-state index in [2.05, 4.69) is 13.8 Å². The minimum absolute atomic E-state index is 0.0461. The summed E-state index contributed by atoms with van der Waals surface area (Å²) < 4.78 is 14.3. The van der Waals surface area contributed by atoms with Gasteiger partial charge in [-0.2, -0.15) is 11.8 Å². The van der Waals surface area contributed by atoms with Crippen molar-refractivity contribution in [2.45, 2.75) is 18.6 Å². The molecule has 0 aliphatic carbocycles. The van der Waals surface area contributed by atoms with Crippen molar-refractivity contribution in [3.63, 3.8) is 0 Å². The lowest BCUT2D eigenvalue weighted by Gasteiger charge is -2.39. The van der Waals surface area contributed by atoms with E-state index in [1.807, 2.05) is 16.7 Å². The molecule has 0 saturated carbocycles. The van der Waals surface area contributed by atoms with Crippen LogP contribution in [0.1, 0.15) is 13.8 Å². The molecule has 0 bridgehead atoms. The summed E-state index contributed by atoms with van der Waals surface area (Å²) in [7, 11) is 0. The molecule has 3 nitrogen and oxygen atoms in total. The van der Waals surface area contributed by atoms with Gasteiger partial charge >= 0.3 is 0 Å². The number of halogens is 2.